The minimum absolute atomic E-state index is 0.0261. The molecule has 1 atom stereocenters. The molecular weight excluding hydrogens is 208 g/mol. The molecular formula is C7H11ClN4O2. The number of rotatable bonds is 4. The van der Waals surface area contributed by atoms with Gasteiger partial charge >= 0.3 is 6.01 Å². The Morgan fingerprint density at radius 2 is 2.36 bits per heavy atom. The summed E-state index contributed by atoms with van der Waals surface area (Å²) in [6.07, 6.45) is 0. The number of halogens is 1. The van der Waals surface area contributed by atoms with Crippen LogP contribution in [0.5, 0.6) is 0 Å². The van der Waals surface area contributed by atoms with E-state index in [1.54, 1.807) is 14.0 Å². The first-order valence-corrected chi connectivity index (χ1v) is 4.41. The van der Waals surface area contributed by atoms with Gasteiger partial charge in [0, 0.05) is 7.05 Å². The second-order valence-electron chi connectivity index (χ2n) is 2.86. The monoisotopic (exact) mass is 218 g/mol. The van der Waals surface area contributed by atoms with Crippen LogP contribution in [-0.4, -0.2) is 29.7 Å². The van der Waals surface area contributed by atoms with E-state index >= 15 is 0 Å². The molecule has 1 heterocycles. The fourth-order valence-electron chi connectivity index (χ4n) is 0.843. The van der Waals surface area contributed by atoms with Crippen LogP contribution in [-0.2, 0) is 4.79 Å². The van der Waals surface area contributed by atoms with Crippen LogP contribution in [0.4, 0.5) is 6.01 Å². The average molecular weight is 219 g/mol. The molecule has 0 aliphatic carbocycles. The van der Waals surface area contributed by atoms with Crippen molar-refractivity contribution in [3.8, 4) is 0 Å². The summed E-state index contributed by atoms with van der Waals surface area (Å²) >= 11 is 5.72. The second-order valence-corrected chi connectivity index (χ2v) is 3.52. The van der Waals surface area contributed by atoms with Gasteiger partial charge in [-0.25, -0.2) is 0 Å². The van der Waals surface area contributed by atoms with Crippen LogP contribution in [0.15, 0.2) is 4.42 Å². The van der Waals surface area contributed by atoms with E-state index in [1.165, 1.54) is 4.90 Å². The third-order valence-corrected chi connectivity index (χ3v) is 1.68. The van der Waals surface area contributed by atoms with Crippen molar-refractivity contribution in [2.75, 3.05) is 18.5 Å². The lowest BCUT2D eigenvalue weighted by Crippen LogP contribution is -2.30. The van der Waals surface area contributed by atoms with Crippen LogP contribution < -0.4 is 10.6 Å². The highest BCUT2D eigenvalue weighted by atomic mass is 35.5. The lowest BCUT2D eigenvalue weighted by atomic mass is 10.5. The summed E-state index contributed by atoms with van der Waals surface area (Å²) in [4.78, 5) is 12.0. The Kier molecular flexibility index (Phi) is 3.29. The number of alkyl halides is 1. The Balaban J connectivity index is 2.71. The smallest absolute Gasteiger partial charge is 0.318 e. The second kappa shape index (κ2) is 4.28. The van der Waals surface area contributed by atoms with Crippen LogP contribution in [0, 0.1) is 0 Å². The van der Waals surface area contributed by atoms with E-state index in [0.717, 1.165) is 0 Å². The Morgan fingerprint density at radius 3 is 2.79 bits per heavy atom. The molecule has 1 aromatic heterocycles. The number of likely N-dealkylation sites (N-methyl/N-ethyl adjacent to an activating group) is 1. The molecule has 0 spiro atoms. The lowest BCUT2D eigenvalue weighted by molar-refractivity contribution is -0.116. The number of hydrogen-bond acceptors (Lipinski definition) is 5. The van der Waals surface area contributed by atoms with E-state index < -0.39 is 5.91 Å². The number of hydrogen-bond donors (Lipinski definition) is 1. The molecule has 0 aromatic carbocycles. The van der Waals surface area contributed by atoms with Gasteiger partial charge in [-0.15, -0.1) is 16.7 Å². The zero-order valence-corrected chi connectivity index (χ0v) is 8.65. The number of aromatic nitrogens is 2. The topological polar surface area (TPSA) is 85.3 Å². The van der Waals surface area contributed by atoms with Gasteiger partial charge < -0.3 is 15.1 Å². The third kappa shape index (κ3) is 2.59. The molecule has 0 saturated carbocycles. The van der Waals surface area contributed by atoms with Gasteiger partial charge in [-0.1, -0.05) is 5.10 Å². The molecule has 0 fully saturated rings. The molecule has 1 aromatic rings. The summed E-state index contributed by atoms with van der Waals surface area (Å²) in [5.41, 5.74) is 5.00. The van der Waals surface area contributed by atoms with E-state index in [2.05, 4.69) is 10.2 Å². The first kappa shape index (κ1) is 10.8. The predicted octanol–water partition coefficient (Wildman–Crippen LogP) is 0.291. The summed E-state index contributed by atoms with van der Waals surface area (Å²) in [5.74, 6) is -0.149. The van der Waals surface area contributed by atoms with Crippen LogP contribution in [0.2, 0.25) is 0 Å². The zero-order valence-electron chi connectivity index (χ0n) is 7.90. The van der Waals surface area contributed by atoms with Crippen molar-refractivity contribution >= 4 is 23.5 Å². The number of carbonyl (C=O) groups is 1. The fourth-order valence-corrected chi connectivity index (χ4v) is 0.931. The summed E-state index contributed by atoms with van der Waals surface area (Å²) in [7, 11) is 1.63. The van der Waals surface area contributed by atoms with Crippen molar-refractivity contribution in [2.45, 2.75) is 12.3 Å². The van der Waals surface area contributed by atoms with Gasteiger partial charge in [-0.2, -0.15) is 0 Å². The quantitative estimate of drug-likeness (QED) is 0.735. The van der Waals surface area contributed by atoms with Gasteiger partial charge in [0.1, 0.15) is 11.9 Å². The van der Waals surface area contributed by atoms with E-state index in [4.69, 9.17) is 21.8 Å². The van der Waals surface area contributed by atoms with Crippen molar-refractivity contribution in [3.05, 3.63) is 5.89 Å². The molecule has 6 nitrogen and oxygen atoms in total. The summed E-state index contributed by atoms with van der Waals surface area (Å²) in [6.45, 7) is 1.74. The first-order valence-electron chi connectivity index (χ1n) is 3.97. The average Bonchev–Trinajstić information content (AvgIpc) is 2.50. The molecule has 2 N–H and O–H groups in total. The standard InChI is InChI=1S/C7H11ClN4O2/c1-4(8)6-10-11-7(14-6)12(2)3-5(9)13/h4H,3H2,1-2H3,(H2,9,13). The molecule has 0 bridgehead atoms. The minimum atomic E-state index is -0.467. The van der Waals surface area contributed by atoms with Crippen LogP contribution in [0.3, 0.4) is 0 Å². The summed E-state index contributed by atoms with van der Waals surface area (Å²) < 4.78 is 5.17. The fraction of sp³-hybridized carbons (Fsp3) is 0.571. The summed E-state index contributed by atoms with van der Waals surface area (Å²) in [6, 6.07) is 0.228. The molecule has 14 heavy (non-hydrogen) atoms. The maximum atomic E-state index is 10.6. The molecule has 0 saturated heterocycles. The maximum Gasteiger partial charge on any atom is 0.318 e. The molecule has 1 unspecified atom stereocenters. The number of amides is 1. The summed E-state index contributed by atoms with van der Waals surface area (Å²) in [5, 5.41) is 7.06. The molecule has 0 radical (unpaired) electrons. The normalized spacial score (nSPS) is 12.5. The first-order chi connectivity index (χ1) is 6.50. The van der Waals surface area contributed by atoms with E-state index in [-0.39, 0.29) is 17.9 Å². The van der Waals surface area contributed by atoms with Gasteiger partial charge in [0.2, 0.25) is 11.8 Å². The molecule has 0 aliphatic heterocycles. The Hall–Kier alpha value is -1.30. The van der Waals surface area contributed by atoms with Crippen molar-refractivity contribution < 1.29 is 9.21 Å². The Morgan fingerprint density at radius 1 is 1.71 bits per heavy atom. The molecule has 0 aliphatic rings. The van der Waals surface area contributed by atoms with E-state index in [1.807, 2.05) is 0 Å². The highest BCUT2D eigenvalue weighted by Gasteiger charge is 2.14. The molecule has 1 rings (SSSR count). The lowest BCUT2D eigenvalue weighted by Gasteiger charge is -2.10. The van der Waals surface area contributed by atoms with Crippen molar-refractivity contribution in [2.24, 2.45) is 5.73 Å². The molecule has 1 amide bonds. The van der Waals surface area contributed by atoms with Gasteiger partial charge in [0.15, 0.2) is 0 Å². The Bertz CT molecular complexity index is 325. The van der Waals surface area contributed by atoms with E-state index in [9.17, 15) is 4.79 Å². The number of nitrogens with two attached hydrogens (primary N) is 1. The van der Waals surface area contributed by atoms with Gasteiger partial charge in [0.05, 0.1) is 0 Å². The largest absolute Gasteiger partial charge is 0.406 e. The van der Waals surface area contributed by atoms with Gasteiger partial charge in [-0.05, 0) is 6.92 Å². The van der Waals surface area contributed by atoms with E-state index in [0.29, 0.717) is 5.89 Å². The predicted molar refractivity (Wildman–Crippen MR) is 51.0 cm³/mol. The SMILES string of the molecule is CC(Cl)c1nnc(N(C)CC(N)=O)o1. The number of primary amides is 1. The van der Waals surface area contributed by atoms with Crippen molar-refractivity contribution in [1.82, 2.24) is 10.2 Å². The number of nitrogens with zero attached hydrogens (tertiary/aromatic N) is 3. The number of carbonyl (C=O) groups excluding carboxylic acids is 1. The van der Waals surface area contributed by atoms with Crippen molar-refractivity contribution in [1.29, 1.82) is 0 Å². The maximum absolute atomic E-state index is 10.6. The van der Waals surface area contributed by atoms with Crippen LogP contribution in [0.25, 0.3) is 0 Å². The van der Waals surface area contributed by atoms with Gasteiger partial charge in [-0.3, -0.25) is 4.79 Å². The zero-order chi connectivity index (χ0) is 10.7. The van der Waals surface area contributed by atoms with Crippen molar-refractivity contribution in [3.63, 3.8) is 0 Å². The van der Waals surface area contributed by atoms with Crippen LogP contribution in [0.1, 0.15) is 18.2 Å². The van der Waals surface area contributed by atoms with Crippen LogP contribution >= 0.6 is 11.6 Å². The highest BCUT2D eigenvalue weighted by molar-refractivity contribution is 6.20. The third-order valence-electron chi connectivity index (χ3n) is 1.49. The highest BCUT2D eigenvalue weighted by Crippen LogP contribution is 2.20. The Labute approximate surface area is 86.0 Å². The molecule has 7 heteroatoms. The number of anilines is 1. The minimum Gasteiger partial charge on any atom is -0.406 e. The van der Waals surface area contributed by atoms with Gasteiger partial charge in [0.25, 0.3) is 0 Å². The molecule has 78 valence electrons.